The van der Waals surface area contributed by atoms with E-state index in [1.54, 1.807) is 11.0 Å². The molecule has 7 heteroatoms. The van der Waals surface area contributed by atoms with Crippen molar-refractivity contribution in [3.05, 3.63) is 71.3 Å². The number of alkyl halides is 2. The Morgan fingerprint density at radius 1 is 1.00 bits per heavy atom. The van der Waals surface area contributed by atoms with E-state index in [9.17, 15) is 18.4 Å². The second-order valence-electron chi connectivity index (χ2n) is 7.71. The zero-order valence-corrected chi connectivity index (χ0v) is 16.4. The summed E-state index contributed by atoms with van der Waals surface area (Å²) >= 11 is 0. The van der Waals surface area contributed by atoms with Crippen LogP contribution in [0.2, 0.25) is 0 Å². The number of ketones is 1. The number of ether oxygens (including phenoxy) is 2. The van der Waals surface area contributed by atoms with Crippen LogP contribution in [0.15, 0.2) is 54.6 Å². The average Bonchev–Trinajstić information content (AvgIpc) is 2.76. The molecule has 2 fully saturated rings. The zero-order valence-electron chi connectivity index (χ0n) is 16.4. The molecule has 2 aromatic carbocycles. The number of halogens is 2. The second-order valence-corrected chi connectivity index (χ2v) is 7.71. The van der Waals surface area contributed by atoms with Crippen molar-refractivity contribution in [3.63, 3.8) is 0 Å². The van der Waals surface area contributed by atoms with Gasteiger partial charge in [-0.25, -0.2) is 13.6 Å². The molecule has 2 aliphatic rings. The molecule has 0 N–H and O–H groups in total. The predicted molar refractivity (Wildman–Crippen MR) is 105 cm³/mol. The number of nitrogens with zero attached hydrogens (tertiary/aromatic N) is 1. The van der Waals surface area contributed by atoms with E-state index < -0.39 is 18.4 Å². The maximum Gasteiger partial charge on any atom is 0.410 e. The fourth-order valence-corrected chi connectivity index (χ4v) is 4.35. The highest BCUT2D eigenvalue weighted by atomic mass is 19.3. The van der Waals surface area contributed by atoms with Gasteiger partial charge in [-0.3, -0.25) is 9.69 Å². The Labute approximate surface area is 173 Å². The van der Waals surface area contributed by atoms with Gasteiger partial charge in [-0.15, -0.1) is 0 Å². The summed E-state index contributed by atoms with van der Waals surface area (Å²) in [6, 6.07) is 14.6. The summed E-state index contributed by atoms with van der Waals surface area (Å²) in [6.45, 7) is 0.773. The van der Waals surface area contributed by atoms with Gasteiger partial charge in [0.1, 0.15) is 6.61 Å². The Hall–Kier alpha value is -2.80. The Morgan fingerprint density at radius 3 is 2.30 bits per heavy atom. The van der Waals surface area contributed by atoms with Crippen LogP contribution in [0.3, 0.4) is 0 Å². The molecule has 1 amide bonds. The number of Topliss-reactive ketones (excluding diaryl/α,β-unsaturated/α-hetero) is 1. The molecule has 0 aliphatic carbocycles. The summed E-state index contributed by atoms with van der Waals surface area (Å²) in [5.74, 6) is -0.720. The van der Waals surface area contributed by atoms with Gasteiger partial charge >= 0.3 is 6.09 Å². The van der Waals surface area contributed by atoms with Crippen molar-refractivity contribution >= 4 is 11.9 Å². The van der Waals surface area contributed by atoms with Gasteiger partial charge in [-0.2, -0.15) is 0 Å². The van der Waals surface area contributed by atoms with Gasteiger partial charge in [0.2, 0.25) is 0 Å². The van der Waals surface area contributed by atoms with Crippen molar-refractivity contribution in [2.75, 3.05) is 13.2 Å². The minimum Gasteiger partial charge on any atom is -0.445 e. The summed E-state index contributed by atoms with van der Waals surface area (Å²) in [5, 5.41) is 0. The van der Waals surface area contributed by atoms with Gasteiger partial charge in [0.15, 0.2) is 5.78 Å². The number of carbonyl (C=O) groups is 2. The van der Waals surface area contributed by atoms with Crippen molar-refractivity contribution in [3.8, 4) is 0 Å². The Bertz CT molecular complexity index is 891. The highest BCUT2D eigenvalue weighted by molar-refractivity contribution is 5.99. The molecule has 30 heavy (non-hydrogen) atoms. The molecular weight excluding hydrogens is 392 g/mol. The molecule has 4 rings (SSSR count). The van der Waals surface area contributed by atoms with Crippen LogP contribution >= 0.6 is 0 Å². The number of fused-ring (bicyclic) bond motifs is 2. The molecule has 2 unspecified atom stereocenters. The van der Waals surface area contributed by atoms with Gasteiger partial charge in [-0.1, -0.05) is 54.6 Å². The molecule has 2 aromatic rings. The maximum atomic E-state index is 13.3. The van der Waals surface area contributed by atoms with Crippen molar-refractivity contribution in [1.82, 2.24) is 4.90 Å². The fraction of sp³-hybridized carbons (Fsp3) is 0.391. The molecule has 5 nitrogen and oxygen atoms in total. The molecule has 2 saturated heterocycles. The standard InChI is InChI=1S/C23H23F2NO4/c24-22(25)20-9-5-4-8-19(20)21(27)16-10-17-13-29-14-18(11-16)26(17)23(28)30-12-15-6-2-1-3-7-15/h1-9,16-18,22H,10-14H2. The summed E-state index contributed by atoms with van der Waals surface area (Å²) < 4.78 is 37.8. The van der Waals surface area contributed by atoms with Crippen LogP contribution in [-0.2, 0) is 16.1 Å². The number of benzene rings is 2. The third kappa shape index (κ3) is 4.21. The van der Waals surface area contributed by atoms with Crippen molar-refractivity contribution < 1.29 is 27.8 Å². The minimum atomic E-state index is -2.71. The lowest BCUT2D eigenvalue weighted by atomic mass is 9.80. The van der Waals surface area contributed by atoms with Gasteiger partial charge in [-0.05, 0) is 18.4 Å². The minimum absolute atomic E-state index is 0.0663. The van der Waals surface area contributed by atoms with Crippen LogP contribution < -0.4 is 0 Å². The molecular formula is C23H23F2NO4. The molecule has 2 aliphatic heterocycles. The normalized spacial score (nSPS) is 23.3. The number of morpholine rings is 1. The van der Waals surface area contributed by atoms with Crippen molar-refractivity contribution in [2.24, 2.45) is 5.92 Å². The van der Waals surface area contributed by atoms with Crippen LogP contribution in [0.4, 0.5) is 13.6 Å². The fourth-order valence-electron chi connectivity index (χ4n) is 4.35. The third-order valence-electron chi connectivity index (χ3n) is 5.77. The van der Waals surface area contributed by atoms with Gasteiger partial charge < -0.3 is 9.47 Å². The smallest absolute Gasteiger partial charge is 0.410 e. The number of carbonyl (C=O) groups excluding carboxylic acids is 2. The number of hydrogen-bond acceptors (Lipinski definition) is 4. The van der Waals surface area contributed by atoms with E-state index in [0.29, 0.717) is 26.1 Å². The first-order valence-corrected chi connectivity index (χ1v) is 10.0. The predicted octanol–water partition coefficient (Wildman–Crippen LogP) is 4.62. The summed E-state index contributed by atoms with van der Waals surface area (Å²) in [7, 11) is 0. The largest absolute Gasteiger partial charge is 0.445 e. The average molecular weight is 415 g/mol. The van der Waals surface area contributed by atoms with Crippen LogP contribution in [0, 0.1) is 5.92 Å². The zero-order chi connectivity index (χ0) is 21.1. The number of hydrogen-bond donors (Lipinski definition) is 0. The van der Waals surface area contributed by atoms with Crippen molar-refractivity contribution in [2.45, 2.75) is 38.0 Å². The highest BCUT2D eigenvalue weighted by Crippen LogP contribution is 2.35. The first kappa shape index (κ1) is 20.5. The van der Waals surface area contributed by atoms with Gasteiger partial charge in [0.25, 0.3) is 6.43 Å². The first-order valence-electron chi connectivity index (χ1n) is 10.0. The Balaban J connectivity index is 1.46. The summed E-state index contributed by atoms with van der Waals surface area (Å²) in [6.07, 6.45) is -2.40. The molecule has 2 heterocycles. The van der Waals surface area contributed by atoms with E-state index in [2.05, 4.69) is 0 Å². The lowest BCUT2D eigenvalue weighted by molar-refractivity contribution is -0.0755. The monoisotopic (exact) mass is 415 g/mol. The second kappa shape index (κ2) is 8.92. The van der Waals surface area contributed by atoms with Gasteiger partial charge in [0.05, 0.1) is 25.3 Å². The van der Waals surface area contributed by atoms with Crippen LogP contribution in [0.1, 0.15) is 40.8 Å². The van der Waals surface area contributed by atoms with Crippen LogP contribution in [0.25, 0.3) is 0 Å². The number of piperidine rings is 1. The molecule has 0 spiro atoms. The molecule has 158 valence electrons. The van der Waals surface area contributed by atoms with E-state index in [1.165, 1.54) is 18.2 Å². The first-order chi connectivity index (χ1) is 14.5. The molecule has 0 radical (unpaired) electrons. The molecule has 2 bridgehead atoms. The SMILES string of the molecule is O=C(c1ccccc1C(F)F)C1CC2COCC(C1)N2C(=O)OCc1ccccc1. The Morgan fingerprint density at radius 2 is 1.63 bits per heavy atom. The topological polar surface area (TPSA) is 55.8 Å². The Kier molecular flexibility index (Phi) is 6.08. The van der Waals surface area contributed by atoms with E-state index in [1.807, 2.05) is 30.3 Å². The van der Waals surface area contributed by atoms with E-state index in [-0.39, 0.29) is 35.6 Å². The van der Waals surface area contributed by atoms with Crippen molar-refractivity contribution in [1.29, 1.82) is 0 Å². The molecule has 2 atom stereocenters. The van der Waals surface area contributed by atoms with E-state index >= 15 is 0 Å². The van der Waals surface area contributed by atoms with E-state index in [0.717, 1.165) is 5.56 Å². The van der Waals surface area contributed by atoms with E-state index in [4.69, 9.17) is 9.47 Å². The lowest BCUT2D eigenvalue weighted by Crippen LogP contribution is -2.60. The third-order valence-corrected chi connectivity index (χ3v) is 5.77. The number of amides is 1. The molecule has 0 saturated carbocycles. The molecule has 0 aromatic heterocycles. The van der Waals surface area contributed by atoms with Crippen LogP contribution in [0.5, 0.6) is 0 Å². The highest BCUT2D eigenvalue weighted by Gasteiger charge is 2.44. The summed E-state index contributed by atoms with van der Waals surface area (Å²) in [5.41, 5.74) is 0.714. The lowest BCUT2D eigenvalue weighted by Gasteiger charge is -2.47. The van der Waals surface area contributed by atoms with Gasteiger partial charge in [0, 0.05) is 17.0 Å². The summed E-state index contributed by atoms with van der Waals surface area (Å²) in [4.78, 5) is 27.4. The maximum absolute atomic E-state index is 13.3. The number of rotatable bonds is 5. The quantitative estimate of drug-likeness (QED) is 0.669. The van der Waals surface area contributed by atoms with Crippen LogP contribution in [-0.4, -0.2) is 42.1 Å².